The third kappa shape index (κ3) is 2.97. The molecule has 0 bridgehead atoms. The molecule has 2 nitrogen and oxygen atoms in total. The quantitative estimate of drug-likeness (QED) is 0.757. The van der Waals surface area contributed by atoms with Gasteiger partial charge >= 0.3 is 0 Å². The summed E-state index contributed by atoms with van der Waals surface area (Å²) in [4.78, 5) is 0.878. The van der Waals surface area contributed by atoms with Gasteiger partial charge < -0.3 is 10.2 Å². The van der Waals surface area contributed by atoms with Crippen LogP contribution in [0.2, 0.25) is 0 Å². The second-order valence-corrected chi connectivity index (χ2v) is 6.34. The summed E-state index contributed by atoms with van der Waals surface area (Å²) >= 11 is 1.51. The van der Waals surface area contributed by atoms with Gasteiger partial charge in [0.25, 0.3) is 0 Å². The lowest BCUT2D eigenvalue weighted by atomic mass is 9.93. The van der Waals surface area contributed by atoms with E-state index in [0.717, 1.165) is 27.1 Å². The van der Waals surface area contributed by atoms with Crippen molar-refractivity contribution in [3.05, 3.63) is 93.2 Å². The minimum atomic E-state index is -0.744. The van der Waals surface area contributed by atoms with E-state index in [2.05, 4.69) is 0 Å². The molecule has 0 aliphatic carbocycles. The molecule has 0 fully saturated rings. The van der Waals surface area contributed by atoms with Crippen LogP contribution in [0.3, 0.4) is 0 Å². The van der Waals surface area contributed by atoms with Crippen LogP contribution in [-0.2, 0) is 0 Å². The number of hydrogen-bond donors (Lipinski definition) is 2. The standard InChI is InChI=1S/C19H18O2S/c1-13-8-10-14(11-9-13)18(20)15-5-2-3-6-16(15)19(21)17-7-4-12-22-17/h2-12,18-21H,1H3. The van der Waals surface area contributed by atoms with E-state index >= 15 is 0 Å². The number of aliphatic hydroxyl groups is 2. The van der Waals surface area contributed by atoms with E-state index in [9.17, 15) is 10.2 Å². The Hall–Kier alpha value is -1.94. The Balaban J connectivity index is 1.99. The summed E-state index contributed by atoms with van der Waals surface area (Å²) in [5.41, 5.74) is 3.48. The summed E-state index contributed by atoms with van der Waals surface area (Å²) < 4.78 is 0. The van der Waals surface area contributed by atoms with E-state index in [1.807, 2.05) is 73.0 Å². The number of aryl methyl sites for hydroxylation is 1. The van der Waals surface area contributed by atoms with Crippen LogP contribution in [0.5, 0.6) is 0 Å². The highest BCUT2D eigenvalue weighted by Crippen LogP contribution is 2.33. The van der Waals surface area contributed by atoms with E-state index in [1.54, 1.807) is 0 Å². The van der Waals surface area contributed by atoms with Gasteiger partial charge in [-0.05, 0) is 35.1 Å². The van der Waals surface area contributed by atoms with Gasteiger partial charge in [-0.15, -0.1) is 11.3 Å². The summed E-state index contributed by atoms with van der Waals surface area (Å²) in [7, 11) is 0. The van der Waals surface area contributed by atoms with Crippen molar-refractivity contribution in [1.82, 2.24) is 0 Å². The molecule has 0 aliphatic rings. The Kier molecular flexibility index (Phi) is 4.39. The third-order valence-corrected chi connectivity index (χ3v) is 4.72. The summed E-state index contributed by atoms with van der Waals surface area (Å²) in [6.07, 6.45) is -1.46. The Morgan fingerprint density at radius 1 is 0.773 bits per heavy atom. The maximum Gasteiger partial charge on any atom is 0.114 e. The van der Waals surface area contributed by atoms with E-state index in [0.29, 0.717) is 0 Å². The summed E-state index contributed by atoms with van der Waals surface area (Å²) in [5.74, 6) is 0. The van der Waals surface area contributed by atoms with E-state index in [1.165, 1.54) is 11.3 Å². The molecule has 0 radical (unpaired) electrons. The highest BCUT2D eigenvalue weighted by molar-refractivity contribution is 7.10. The number of benzene rings is 2. The third-order valence-electron chi connectivity index (χ3n) is 3.79. The Bertz CT molecular complexity index is 732. The lowest BCUT2D eigenvalue weighted by molar-refractivity contribution is 0.198. The Morgan fingerprint density at radius 2 is 1.41 bits per heavy atom. The van der Waals surface area contributed by atoms with E-state index in [-0.39, 0.29) is 0 Å². The fourth-order valence-corrected chi connectivity index (χ4v) is 3.26. The zero-order valence-corrected chi connectivity index (χ0v) is 13.1. The van der Waals surface area contributed by atoms with Gasteiger partial charge in [0.15, 0.2) is 0 Å². The number of aliphatic hydroxyl groups excluding tert-OH is 2. The predicted molar refractivity (Wildman–Crippen MR) is 90.1 cm³/mol. The second-order valence-electron chi connectivity index (χ2n) is 5.36. The van der Waals surface area contributed by atoms with Crippen LogP contribution in [0.15, 0.2) is 66.0 Å². The number of thiophene rings is 1. The van der Waals surface area contributed by atoms with Crippen LogP contribution >= 0.6 is 11.3 Å². The van der Waals surface area contributed by atoms with Crippen LogP contribution in [-0.4, -0.2) is 10.2 Å². The number of rotatable bonds is 4. The fraction of sp³-hybridized carbons (Fsp3) is 0.158. The molecule has 3 rings (SSSR count). The van der Waals surface area contributed by atoms with Crippen LogP contribution in [0, 0.1) is 6.92 Å². The van der Waals surface area contributed by atoms with Crippen molar-refractivity contribution in [2.45, 2.75) is 19.1 Å². The van der Waals surface area contributed by atoms with Crippen LogP contribution in [0.4, 0.5) is 0 Å². The van der Waals surface area contributed by atoms with Gasteiger partial charge in [-0.2, -0.15) is 0 Å². The molecular weight excluding hydrogens is 292 g/mol. The van der Waals surface area contributed by atoms with Gasteiger partial charge in [0.05, 0.1) is 0 Å². The first-order valence-corrected chi connectivity index (χ1v) is 8.09. The van der Waals surface area contributed by atoms with Gasteiger partial charge in [-0.25, -0.2) is 0 Å². The van der Waals surface area contributed by atoms with Crippen molar-refractivity contribution in [1.29, 1.82) is 0 Å². The van der Waals surface area contributed by atoms with Crippen molar-refractivity contribution in [3.8, 4) is 0 Å². The van der Waals surface area contributed by atoms with Crippen molar-refractivity contribution in [2.75, 3.05) is 0 Å². The second kappa shape index (κ2) is 6.44. The minimum Gasteiger partial charge on any atom is -0.384 e. The van der Waals surface area contributed by atoms with Crippen molar-refractivity contribution >= 4 is 11.3 Å². The lowest BCUT2D eigenvalue weighted by Gasteiger charge is -2.19. The maximum atomic E-state index is 10.7. The SMILES string of the molecule is Cc1ccc(C(O)c2ccccc2C(O)c2cccs2)cc1. The minimum absolute atomic E-state index is 0.712. The first kappa shape index (κ1) is 15.0. The molecule has 2 atom stereocenters. The summed E-state index contributed by atoms with van der Waals surface area (Å²) in [5, 5.41) is 23.2. The molecule has 0 saturated carbocycles. The molecule has 3 aromatic rings. The van der Waals surface area contributed by atoms with Gasteiger partial charge in [0.1, 0.15) is 12.2 Å². The monoisotopic (exact) mass is 310 g/mol. The van der Waals surface area contributed by atoms with Crippen molar-refractivity contribution in [2.24, 2.45) is 0 Å². The van der Waals surface area contributed by atoms with Gasteiger partial charge in [-0.1, -0.05) is 60.2 Å². The molecule has 2 N–H and O–H groups in total. The normalized spacial score (nSPS) is 13.8. The van der Waals surface area contributed by atoms with Crippen LogP contribution in [0.25, 0.3) is 0 Å². The molecule has 0 aliphatic heterocycles. The van der Waals surface area contributed by atoms with E-state index in [4.69, 9.17) is 0 Å². The Morgan fingerprint density at radius 3 is 2.00 bits per heavy atom. The fourth-order valence-electron chi connectivity index (χ4n) is 2.54. The predicted octanol–water partition coefficient (Wildman–Crippen LogP) is 4.22. The topological polar surface area (TPSA) is 40.5 Å². The largest absolute Gasteiger partial charge is 0.384 e. The van der Waals surface area contributed by atoms with E-state index < -0.39 is 12.2 Å². The molecule has 1 heterocycles. The first-order valence-electron chi connectivity index (χ1n) is 7.21. The van der Waals surface area contributed by atoms with Crippen LogP contribution in [0.1, 0.15) is 39.3 Å². The molecule has 0 saturated heterocycles. The molecule has 3 heteroatoms. The zero-order valence-electron chi connectivity index (χ0n) is 12.3. The highest BCUT2D eigenvalue weighted by Gasteiger charge is 2.20. The van der Waals surface area contributed by atoms with Crippen LogP contribution < -0.4 is 0 Å². The Labute approximate surface area is 134 Å². The molecule has 2 unspecified atom stereocenters. The summed E-state index contributed by atoms with van der Waals surface area (Å²) in [6.45, 7) is 2.02. The molecule has 112 valence electrons. The van der Waals surface area contributed by atoms with Gasteiger partial charge in [0, 0.05) is 4.88 Å². The molecule has 2 aromatic carbocycles. The maximum absolute atomic E-state index is 10.7. The lowest BCUT2D eigenvalue weighted by Crippen LogP contribution is -2.07. The molecule has 1 aromatic heterocycles. The average Bonchev–Trinajstić information content (AvgIpc) is 3.09. The van der Waals surface area contributed by atoms with Crippen molar-refractivity contribution < 1.29 is 10.2 Å². The number of hydrogen-bond acceptors (Lipinski definition) is 3. The smallest absolute Gasteiger partial charge is 0.114 e. The van der Waals surface area contributed by atoms with Crippen molar-refractivity contribution in [3.63, 3.8) is 0 Å². The van der Waals surface area contributed by atoms with Gasteiger partial charge in [-0.3, -0.25) is 0 Å². The summed E-state index contributed by atoms with van der Waals surface area (Å²) in [6, 6.07) is 19.2. The molecular formula is C19H18O2S. The molecule has 0 amide bonds. The highest BCUT2D eigenvalue weighted by atomic mass is 32.1. The first-order chi connectivity index (χ1) is 10.7. The zero-order chi connectivity index (χ0) is 15.5. The van der Waals surface area contributed by atoms with Gasteiger partial charge in [0.2, 0.25) is 0 Å². The average molecular weight is 310 g/mol. The molecule has 22 heavy (non-hydrogen) atoms. The molecule has 0 spiro atoms.